The van der Waals surface area contributed by atoms with Crippen molar-refractivity contribution in [2.45, 2.75) is 25.0 Å². The second-order valence-electron chi connectivity index (χ2n) is 3.74. The van der Waals surface area contributed by atoms with Crippen molar-refractivity contribution in [1.82, 2.24) is 0 Å². The second-order valence-corrected chi connectivity index (χ2v) is 5.26. The Morgan fingerprint density at radius 2 is 1.84 bits per heavy atom. The summed E-state index contributed by atoms with van der Waals surface area (Å²) in [5, 5.41) is 0. The Hall–Kier alpha value is -0.990. The molecule has 1 rings (SSSR count). The van der Waals surface area contributed by atoms with Crippen LogP contribution in [0.3, 0.4) is 0 Å². The van der Waals surface area contributed by atoms with Crippen molar-refractivity contribution in [2.24, 2.45) is 0 Å². The van der Waals surface area contributed by atoms with Crippen molar-refractivity contribution in [2.75, 3.05) is 20.3 Å². The highest BCUT2D eigenvalue weighted by Crippen LogP contribution is 2.13. The third kappa shape index (κ3) is 5.25. The van der Waals surface area contributed by atoms with E-state index >= 15 is 0 Å². The molecule has 1 aromatic rings. The van der Waals surface area contributed by atoms with Gasteiger partial charge in [-0.05, 0) is 26.0 Å². The summed E-state index contributed by atoms with van der Waals surface area (Å²) in [6.45, 7) is 3.93. The first-order chi connectivity index (χ1) is 8.99. The molecule has 7 heteroatoms. The number of ether oxygens (including phenoxy) is 2. The Labute approximate surface area is 113 Å². The van der Waals surface area contributed by atoms with Crippen LogP contribution in [0.25, 0.3) is 0 Å². The molecule has 0 bridgehead atoms. The molecular formula is C12H18O6S. The van der Waals surface area contributed by atoms with Crippen molar-refractivity contribution in [3.05, 3.63) is 29.8 Å². The van der Waals surface area contributed by atoms with Crippen LogP contribution in [0.1, 0.15) is 12.5 Å². The fraction of sp³-hybridized carbons (Fsp3) is 0.500. The molecule has 1 unspecified atom stereocenters. The molecule has 0 aliphatic heterocycles. The smallest absolute Gasteiger partial charge is 0.323 e. The lowest BCUT2D eigenvalue weighted by Gasteiger charge is -2.14. The Balaban J connectivity index is 2.54. The van der Waals surface area contributed by atoms with E-state index in [4.69, 9.17) is 9.47 Å². The SMILES string of the molecule is CCOC(COOS(=O)(=O)c1ccc(C)cc1)OC. The maximum Gasteiger partial charge on any atom is 0.323 e. The zero-order chi connectivity index (χ0) is 14.3. The van der Waals surface area contributed by atoms with Crippen LogP contribution in [0.15, 0.2) is 29.2 Å². The normalized spacial score (nSPS) is 13.4. The summed E-state index contributed by atoms with van der Waals surface area (Å²) in [6, 6.07) is 6.25. The largest absolute Gasteiger partial charge is 0.353 e. The van der Waals surface area contributed by atoms with E-state index in [-0.39, 0.29) is 11.5 Å². The van der Waals surface area contributed by atoms with E-state index in [9.17, 15) is 8.42 Å². The van der Waals surface area contributed by atoms with Gasteiger partial charge in [0.05, 0.1) is 4.90 Å². The van der Waals surface area contributed by atoms with Crippen LogP contribution in [-0.4, -0.2) is 35.0 Å². The van der Waals surface area contributed by atoms with Crippen LogP contribution in [0, 0.1) is 6.92 Å². The van der Waals surface area contributed by atoms with Crippen molar-refractivity contribution < 1.29 is 27.1 Å². The third-order valence-corrected chi connectivity index (χ3v) is 3.39. The van der Waals surface area contributed by atoms with Gasteiger partial charge < -0.3 is 9.47 Å². The lowest BCUT2D eigenvalue weighted by molar-refractivity contribution is -0.260. The molecule has 0 aliphatic rings. The topological polar surface area (TPSA) is 71.1 Å². The zero-order valence-electron chi connectivity index (χ0n) is 11.2. The number of hydrogen-bond acceptors (Lipinski definition) is 6. The zero-order valence-corrected chi connectivity index (χ0v) is 12.0. The number of benzene rings is 1. The fourth-order valence-corrected chi connectivity index (χ4v) is 1.99. The van der Waals surface area contributed by atoms with Crippen LogP contribution in [0.2, 0.25) is 0 Å². The van der Waals surface area contributed by atoms with E-state index in [2.05, 4.69) is 9.22 Å². The average molecular weight is 290 g/mol. The van der Waals surface area contributed by atoms with Gasteiger partial charge >= 0.3 is 10.1 Å². The summed E-state index contributed by atoms with van der Waals surface area (Å²) in [7, 11) is -2.50. The monoisotopic (exact) mass is 290 g/mol. The number of aryl methyl sites for hydroxylation is 1. The van der Waals surface area contributed by atoms with Gasteiger partial charge in [-0.25, -0.2) is 4.89 Å². The molecule has 1 aromatic carbocycles. The molecule has 0 saturated heterocycles. The lowest BCUT2D eigenvalue weighted by atomic mass is 10.2. The molecule has 0 spiro atoms. The molecule has 0 saturated carbocycles. The molecule has 1 atom stereocenters. The van der Waals surface area contributed by atoms with Gasteiger partial charge in [-0.15, -0.1) is 4.33 Å². The number of rotatable bonds is 8. The Morgan fingerprint density at radius 1 is 1.21 bits per heavy atom. The quantitative estimate of drug-likeness (QED) is 0.412. The van der Waals surface area contributed by atoms with Gasteiger partial charge in [-0.3, -0.25) is 0 Å². The van der Waals surface area contributed by atoms with Gasteiger partial charge in [0.25, 0.3) is 0 Å². The van der Waals surface area contributed by atoms with Gasteiger partial charge in [0.1, 0.15) is 6.61 Å². The van der Waals surface area contributed by atoms with Crippen LogP contribution >= 0.6 is 0 Å². The lowest BCUT2D eigenvalue weighted by Crippen LogP contribution is -2.23. The number of methoxy groups -OCH3 is 1. The molecular weight excluding hydrogens is 272 g/mol. The maximum atomic E-state index is 11.7. The minimum absolute atomic E-state index is 0.0310. The first-order valence-electron chi connectivity index (χ1n) is 5.76. The molecule has 0 fully saturated rings. The van der Waals surface area contributed by atoms with Crippen LogP contribution < -0.4 is 0 Å². The molecule has 0 radical (unpaired) electrons. The molecule has 0 heterocycles. The highest BCUT2D eigenvalue weighted by atomic mass is 32.2. The molecule has 19 heavy (non-hydrogen) atoms. The van der Waals surface area contributed by atoms with Gasteiger partial charge in [0, 0.05) is 13.7 Å². The molecule has 0 amide bonds. The Bertz CT molecular complexity index is 467. The highest BCUT2D eigenvalue weighted by Gasteiger charge is 2.17. The van der Waals surface area contributed by atoms with Gasteiger partial charge in [0.2, 0.25) is 0 Å². The van der Waals surface area contributed by atoms with E-state index < -0.39 is 16.4 Å². The summed E-state index contributed by atoms with van der Waals surface area (Å²) in [4.78, 5) is 4.68. The fourth-order valence-electron chi connectivity index (χ4n) is 1.26. The molecule has 6 nitrogen and oxygen atoms in total. The van der Waals surface area contributed by atoms with Crippen molar-refractivity contribution >= 4 is 10.1 Å². The molecule has 0 N–H and O–H groups in total. The predicted molar refractivity (Wildman–Crippen MR) is 67.8 cm³/mol. The van der Waals surface area contributed by atoms with E-state index in [1.165, 1.54) is 19.2 Å². The molecule has 0 aromatic heterocycles. The Kier molecular flexibility index (Phi) is 6.40. The van der Waals surface area contributed by atoms with E-state index in [1.54, 1.807) is 19.1 Å². The molecule has 108 valence electrons. The second kappa shape index (κ2) is 7.56. The summed E-state index contributed by atoms with van der Waals surface area (Å²) in [6.07, 6.45) is -0.668. The first kappa shape index (κ1) is 16.1. The van der Waals surface area contributed by atoms with Gasteiger partial charge in [-0.2, -0.15) is 8.42 Å². The van der Waals surface area contributed by atoms with Crippen LogP contribution in [0.5, 0.6) is 0 Å². The summed E-state index contributed by atoms with van der Waals surface area (Å²) >= 11 is 0. The van der Waals surface area contributed by atoms with E-state index in [0.717, 1.165) is 5.56 Å². The molecule has 0 aliphatic carbocycles. The summed E-state index contributed by atoms with van der Waals surface area (Å²) in [5.41, 5.74) is 0.954. The first-order valence-corrected chi connectivity index (χ1v) is 7.17. The minimum Gasteiger partial charge on any atom is -0.353 e. The van der Waals surface area contributed by atoms with E-state index in [0.29, 0.717) is 6.61 Å². The Morgan fingerprint density at radius 3 is 2.37 bits per heavy atom. The van der Waals surface area contributed by atoms with Crippen LogP contribution in [-0.2, 0) is 28.8 Å². The standard InChI is InChI=1S/C12H18O6S/c1-4-16-12(15-3)9-17-18-19(13,14)11-7-5-10(2)6-8-11/h5-8,12H,4,9H2,1-3H3. The summed E-state index contributed by atoms with van der Waals surface area (Å²) in [5.74, 6) is 0. The van der Waals surface area contributed by atoms with Crippen molar-refractivity contribution in [3.63, 3.8) is 0 Å². The van der Waals surface area contributed by atoms with Gasteiger partial charge in [-0.1, -0.05) is 17.7 Å². The minimum atomic E-state index is -3.93. The highest BCUT2D eigenvalue weighted by molar-refractivity contribution is 7.86. The average Bonchev–Trinajstić information content (AvgIpc) is 2.38. The van der Waals surface area contributed by atoms with E-state index in [1.807, 2.05) is 6.92 Å². The number of hydrogen-bond donors (Lipinski definition) is 0. The summed E-state index contributed by atoms with van der Waals surface area (Å²) < 4.78 is 37.9. The van der Waals surface area contributed by atoms with Crippen molar-refractivity contribution in [3.8, 4) is 0 Å². The maximum absolute atomic E-state index is 11.7. The van der Waals surface area contributed by atoms with Gasteiger partial charge in [0.15, 0.2) is 6.29 Å². The van der Waals surface area contributed by atoms with Crippen LogP contribution in [0.4, 0.5) is 0 Å². The van der Waals surface area contributed by atoms with Crippen molar-refractivity contribution in [1.29, 1.82) is 0 Å². The third-order valence-electron chi connectivity index (χ3n) is 2.27. The predicted octanol–water partition coefficient (Wildman–Crippen LogP) is 1.64.